The molecule has 1 atom stereocenters. The Morgan fingerprint density at radius 3 is 2.79 bits per heavy atom. The molecule has 2 aromatic rings. The van der Waals surface area contributed by atoms with Crippen LogP contribution in [0.5, 0.6) is 5.88 Å². The number of amides is 1. The van der Waals surface area contributed by atoms with Gasteiger partial charge in [-0.05, 0) is 51.9 Å². The van der Waals surface area contributed by atoms with Gasteiger partial charge in [0.2, 0.25) is 17.7 Å². The second-order valence-corrected chi connectivity index (χ2v) is 8.14. The second-order valence-electron chi connectivity index (χ2n) is 8.14. The van der Waals surface area contributed by atoms with Gasteiger partial charge in [-0.2, -0.15) is 10.1 Å². The van der Waals surface area contributed by atoms with E-state index in [1.54, 1.807) is 19.4 Å². The predicted octanol–water partition coefficient (Wildman–Crippen LogP) is 2.69. The van der Waals surface area contributed by atoms with Crippen molar-refractivity contribution in [1.29, 1.82) is 0 Å². The lowest BCUT2D eigenvalue weighted by atomic mass is 9.84. The van der Waals surface area contributed by atoms with Crippen LogP contribution < -0.4 is 15.4 Å². The molecule has 0 spiro atoms. The van der Waals surface area contributed by atoms with Crippen LogP contribution in [0.3, 0.4) is 0 Å². The third kappa shape index (κ3) is 4.21. The molecule has 2 aromatic heterocycles. The smallest absolute Gasteiger partial charge is 0.226 e. The molecule has 0 aliphatic heterocycles. The van der Waals surface area contributed by atoms with E-state index in [1.165, 1.54) is 11.3 Å². The fourth-order valence-electron chi connectivity index (χ4n) is 4.73. The summed E-state index contributed by atoms with van der Waals surface area (Å²) in [5.41, 5.74) is 3.54. The van der Waals surface area contributed by atoms with E-state index in [9.17, 15) is 4.79 Å². The van der Waals surface area contributed by atoms with Crippen molar-refractivity contribution in [3.05, 3.63) is 29.2 Å². The first-order valence-corrected chi connectivity index (χ1v) is 10.5. The Balaban J connectivity index is 1.32. The number of nitrogens with one attached hydrogen (secondary N) is 2. The lowest BCUT2D eigenvalue weighted by molar-refractivity contribution is -0.126. The summed E-state index contributed by atoms with van der Waals surface area (Å²) in [5, 5.41) is 11.3. The molecule has 0 saturated heterocycles. The van der Waals surface area contributed by atoms with Gasteiger partial charge in [-0.25, -0.2) is 4.98 Å². The number of carbonyl (C=O) groups excluding carboxylic acids is 1. The topological polar surface area (TPSA) is 94.0 Å². The molecule has 0 bridgehead atoms. The fourth-order valence-corrected chi connectivity index (χ4v) is 4.73. The summed E-state index contributed by atoms with van der Waals surface area (Å²) in [5.74, 6) is 1.39. The van der Waals surface area contributed by atoms with Crippen molar-refractivity contribution in [2.75, 3.05) is 12.4 Å². The molecule has 8 nitrogen and oxygen atoms in total. The Hall–Kier alpha value is -2.64. The standard InChI is InChI=1S/C21H30N6O2/c1-13-19-16(5-4-6-17(19)27(2)26-13)24-20(28)14-7-9-15(10-8-14)23-21-22-12-11-18(25-21)29-3/h11-12,14-16H,4-10H2,1-3H3,(H,24,28)(H,22,23,25). The molecule has 1 saturated carbocycles. The minimum Gasteiger partial charge on any atom is -0.481 e. The molecule has 1 fully saturated rings. The SMILES string of the molecule is COc1ccnc(NC2CCC(C(=O)NC3CCCc4c3c(C)nn4C)CC2)n1. The summed E-state index contributed by atoms with van der Waals surface area (Å²) in [6, 6.07) is 2.11. The summed E-state index contributed by atoms with van der Waals surface area (Å²) >= 11 is 0. The van der Waals surface area contributed by atoms with E-state index >= 15 is 0 Å². The highest BCUT2D eigenvalue weighted by Gasteiger charge is 2.31. The summed E-state index contributed by atoms with van der Waals surface area (Å²) < 4.78 is 7.12. The van der Waals surface area contributed by atoms with Crippen LogP contribution in [-0.2, 0) is 18.3 Å². The Morgan fingerprint density at radius 1 is 1.24 bits per heavy atom. The first-order chi connectivity index (χ1) is 14.0. The first-order valence-electron chi connectivity index (χ1n) is 10.5. The maximum absolute atomic E-state index is 12.9. The van der Waals surface area contributed by atoms with Gasteiger partial charge < -0.3 is 15.4 Å². The number of carbonyl (C=O) groups is 1. The monoisotopic (exact) mass is 398 g/mol. The second kappa shape index (κ2) is 8.39. The summed E-state index contributed by atoms with van der Waals surface area (Å²) in [6.07, 6.45) is 8.43. The number of anilines is 1. The van der Waals surface area contributed by atoms with Crippen molar-refractivity contribution in [1.82, 2.24) is 25.1 Å². The van der Waals surface area contributed by atoms with Gasteiger partial charge in [0.05, 0.1) is 18.8 Å². The van der Waals surface area contributed by atoms with Gasteiger partial charge >= 0.3 is 0 Å². The van der Waals surface area contributed by atoms with E-state index in [0.717, 1.165) is 50.6 Å². The number of fused-ring (bicyclic) bond motifs is 1. The van der Waals surface area contributed by atoms with Gasteiger partial charge in [0, 0.05) is 42.5 Å². The van der Waals surface area contributed by atoms with E-state index in [-0.39, 0.29) is 23.9 Å². The molecule has 1 amide bonds. The van der Waals surface area contributed by atoms with Crippen LogP contribution in [0.15, 0.2) is 12.3 Å². The molecule has 156 valence electrons. The molecule has 4 rings (SSSR count). The molecule has 8 heteroatoms. The fraction of sp³-hybridized carbons (Fsp3) is 0.619. The predicted molar refractivity (Wildman–Crippen MR) is 110 cm³/mol. The van der Waals surface area contributed by atoms with E-state index in [2.05, 4.69) is 25.7 Å². The molecular weight excluding hydrogens is 368 g/mol. The van der Waals surface area contributed by atoms with Crippen LogP contribution in [0.1, 0.15) is 61.5 Å². The van der Waals surface area contributed by atoms with Crippen LogP contribution in [0.25, 0.3) is 0 Å². The molecule has 2 aliphatic carbocycles. The third-order valence-electron chi connectivity index (χ3n) is 6.23. The van der Waals surface area contributed by atoms with Crippen molar-refractivity contribution < 1.29 is 9.53 Å². The van der Waals surface area contributed by atoms with Crippen LogP contribution in [0.4, 0.5) is 5.95 Å². The molecule has 2 N–H and O–H groups in total. The highest BCUT2D eigenvalue weighted by molar-refractivity contribution is 5.79. The molecule has 0 aromatic carbocycles. The van der Waals surface area contributed by atoms with Gasteiger partial charge in [0.15, 0.2) is 0 Å². The average molecular weight is 399 g/mol. The summed E-state index contributed by atoms with van der Waals surface area (Å²) in [7, 11) is 3.59. The number of methoxy groups -OCH3 is 1. The highest BCUT2D eigenvalue weighted by Crippen LogP contribution is 2.33. The maximum Gasteiger partial charge on any atom is 0.226 e. The number of aromatic nitrogens is 4. The van der Waals surface area contributed by atoms with Crippen LogP contribution in [0, 0.1) is 12.8 Å². The summed E-state index contributed by atoms with van der Waals surface area (Å²) in [4.78, 5) is 21.5. The summed E-state index contributed by atoms with van der Waals surface area (Å²) in [6.45, 7) is 2.04. The Kier molecular flexibility index (Phi) is 5.69. The normalized spacial score (nSPS) is 23.9. The van der Waals surface area contributed by atoms with Crippen LogP contribution in [-0.4, -0.2) is 38.8 Å². The van der Waals surface area contributed by atoms with Gasteiger partial charge in [-0.1, -0.05) is 0 Å². The van der Waals surface area contributed by atoms with Gasteiger partial charge in [0.25, 0.3) is 0 Å². The molecule has 29 heavy (non-hydrogen) atoms. The quantitative estimate of drug-likeness (QED) is 0.804. The van der Waals surface area contributed by atoms with Crippen molar-refractivity contribution in [3.8, 4) is 5.88 Å². The van der Waals surface area contributed by atoms with Crippen molar-refractivity contribution in [2.24, 2.45) is 13.0 Å². The molecule has 2 heterocycles. The lowest BCUT2D eigenvalue weighted by Crippen LogP contribution is -2.39. The molecule has 0 radical (unpaired) electrons. The average Bonchev–Trinajstić information content (AvgIpc) is 3.03. The van der Waals surface area contributed by atoms with Gasteiger partial charge in [0.1, 0.15) is 0 Å². The van der Waals surface area contributed by atoms with Gasteiger partial charge in [-0.15, -0.1) is 0 Å². The Labute approximate surface area is 171 Å². The zero-order valence-corrected chi connectivity index (χ0v) is 17.4. The Bertz CT molecular complexity index is 872. The number of hydrogen-bond donors (Lipinski definition) is 2. The zero-order chi connectivity index (χ0) is 20.4. The lowest BCUT2D eigenvalue weighted by Gasteiger charge is -2.31. The van der Waals surface area contributed by atoms with E-state index in [4.69, 9.17) is 4.74 Å². The van der Waals surface area contributed by atoms with Crippen LogP contribution in [0.2, 0.25) is 0 Å². The largest absolute Gasteiger partial charge is 0.481 e. The van der Waals surface area contributed by atoms with Gasteiger partial charge in [-0.3, -0.25) is 9.48 Å². The number of hydrogen-bond acceptors (Lipinski definition) is 6. The van der Waals surface area contributed by atoms with Crippen LogP contribution >= 0.6 is 0 Å². The van der Waals surface area contributed by atoms with E-state index in [0.29, 0.717) is 11.8 Å². The minimum absolute atomic E-state index is 0.0710. The molecule has 2 aliphatic rings. The Morgan fingerprint density at radius 2 is 2.03 bits per heavy atom. The maximum atomic E-state index is 12.9. The number of rotatable bonds is 5. The minimum atomic E-state index is 0.0710. The molecular formula is C21H30N6O2. The van der Waals surface area contributed by atoms with Crippen molar-refractivity contribution >= 4 is 11.9 Å². The van der Waals surface area contributed by atoms with Crippen molar-refractivity contribution in [2.45, 2.75) is 64.0 Å². The number of aryl methyl sites for hydroxylation is 2. The highest BCUT2D eigenvalue weighted by atomic mass is 16.5. The van der Waals surface area contributed by atoms with Crippen molar-refractivity contribution in [3.63, 3.8) is 0 Å². The number of nitrogens with zero attached hydrogens (tertiary/aromatic N) is 4. The zero-order valence-electron chi connectivity index (χ0n) is 17.4. The first kappa shape index (κ1) is 19.7. The number of ether oxygens (including phenoxy) is 1. The van der Waals surface area contributed by atoms with E-state index in [1.807, 2.05) is 18.7 Å². The molecule has 1 unspecified atom stereocenters. The van der Waals surface area contributed by atoms with E-state index < -0.39 is 0 Å². The third-order valence-corrected chi connectivity index (χ3v) is 6.23.